The molecule has 20 heavy (non-hydrogen) atoms. The maximum absolute atomic E-state index is 12.2. The topological polar surface area (TPSA) is 29.1 Å². The molecule has 0 heterocycles. The number of amides is 1. The van der Waals surface area contributed by atoms with Gasteiger partial charge in [0.1, 0.15) is 0 Å². The Morgan fingerprint density at radius 1 is 1.20 bits per heavy atom. The summed E-state index contributed by atoms with van der Waals surface area (Å²) in [6, 6.07) is 16.0. The molecule has 1 atom stereocenters. The Morgan fingerprint density at radius 2 is 1.90 bits per heavy atom. The minimum absolute atomic E-state index is 0.0255. The van der Waals surface area contributed by atoms with E-state index in [1.165, 1.54) is 5.56 Å². The van der Waals surface area contributed by atoms with Gasteiger partial charge in [-0.25, -0.2) is 0 Å². The highest BCUT2D eigenvalue weighted by Gasteiger charge is 2.14. The fourth-order valence-corrected chi connectivity index (χ4v) is 3.10. The summed E-state index contributed by atoms with van der Waals surface area (Å²) >= 11 is 3.80. The number of anilines is 1. The average molecular weight is 397 g/mol. The first-order chi connectivity index (χ1) is 9.54. The van der Waals surface area contributed by atoms with Crippen molar-refractivity contribution in [2.24, 2.45) is 0 Å². The summed E-state index contributed by atoms with van der Waals surface area (Å²) < 4.78 is 1.11. The van der Waals surface area contributed by atoms with Crippen LogP contribution < -0.4 is 5.32 Å². The summed E-state index contributed by atoms with van der Waals surface area (Å²) in [4.78, 5) is 13.3. The minimum atomic E-state index is -0.129. The maximum atomic E-state index is 12.2. The summed E-state index contributed by atoms with van der Waals surface area (Å²) in [6.07, 6.45) is 0. The van der Waals surface area contributed by atoms with Crippen molar-refractivity contribution < 1.29 is 4.79 Å². The third kappa shape index (κ3) is 4.52. The smallest absolute Gasteiger partial charge is 0.237 e. The van der Waals surface area contributed by atoms with Crippen molar-refractivity contribution in [3.05, 3.63) is 57.7 Å². The summed E-state index contributed by atoms with van der Waals surface area (Å²) in [6.45, 7) is 3.98. The van der Waals surface area contributed by atoms with Crippen LogP contribution in [0, 0.1) is 10.5 Å². The number of aryl methyl sites for hydroxylation is 1. The van der Waals surface area contributed by atoms with Gasteiger partial charge < -0.3 is 5.32 Å². The molecule has 1 amide bonds. The number of hydrogen-bond acceptors (Lipinski definition) is 2. The van der Waals surface area contributed by atoms with Crippen LogP contribution in [0.2, 0.25) is 0 Å². The molecule has 4 heteroatoms. The van der Waals surface area contributed by atoms with Crippen molar-refractivity contribution in [3.8, 4) is 0 Å². The van der Waals surface area contributed by atoms with Crippen molar-refractivity contribution in [2.45, 2.75) is 24.0 Å². The molecule has 0 saturated carbocycles. The van der Waals surface area contributed by atoms with Crippen LogP contribution in [0.25, 0.3) is 0 Å². The van der Waals surface area contributed by atoms with Gasteiger partial charge in [-0.3, -0.25) is 4.79 Å². The van der Waals surface area contributed by atoms with Crippen LogP contribution in [-0.2, 0) is 4.79 Å². The van der Waals surface area contributed by atoms with E-state index < -0.39 is 0 Å². The van der Waals surface area contributed by atoms with Crippen molar-refractivity contribution in [1.29, 1.82) is 0 Å². The number of carbonyl (C=O) groups excluding carboxylic acids is 1. The van der Waals surface area contributed by atoms with Gasteiger partial charge >= 0.3 is 0 Å². The molecule has 0 aliphatic heterocycles. The molecule has 0 aliphatic carbocycles. The average Bonchev–Trinajstić information content (AvgIpc) is 2.41. The minimum Gasteiger partial charge on any atom is -0.325 e. The van der Waals surface area contributed by atoms with Gasteiger partial charge in [0, 0.05) is 14.2 Å². The number of carbonyl (C=O) groups is 1. The maximum Gasteiger partial charge on any atom is 0.237 e. The molecule has 0 radical (unpaired) electrons. The first-order valence-corrected chi connectivity index (χ1v) is 8.30. The van der Waals surface area contributed by atoms with Crippen molar-refractivity contribution in [3.63, 3.8) is 0 Å². The fourth-order valence-electron chi connectivity index (χ4n) is 1.68. The lowest BCUT2D eigenvalue weighted by Crippen LogP contribution is -2.22. The zero-order valence-corrected chi connectivity index (χ0v) is 14.4. The summed E-state index contributed by atoms with van der Waals surface area (Å²) in [5.74, 6) is 0.0255. The van der Waals surface area contributed by atoms with Crippen molar-refractivity contribution >= 4 is 45.9 Å². The first kappa shape index (κ1) is 15.4. The van der Waals surface area contributed by atoms with Crippen LogP contribution in [-0.4, -0.2) is 11.2 Å². The SMILES string of the molecule is Cc1ccc(S[C@@H](C)C(=O)Nc2cccc(I)c2)cc1. The lowest BCUT2D eigenvalue weighted by atomic mass is 10.2. The predicted octanol–water partition coefficient (Wildman–Crippen LogP) is 4.72. The van der Waals surface area contributed by atoms with E-state index in [0.29, 0.717) is 0 Å². The second-order valence-electron chi connectivity index (χ2n) is 4.57. The number of thioether (sulfide) groups is 1. The van der Waals surface area contributed by atoms with E-state index in [2.05, 4.69) is 59.1 Å². The second-order valence-corrected chi connectivity index (χ2v) is 7.23. The predicted molar refractivity (Wildman–Crippen MR) is 94.3 cm³/mol. The van der Waals surface area contributed by atoms with E-state index in [9.17, 15) is 4.79 Å². The number of nitrogens with one attached hydrogen (secondary N) is 1. The molecule has 0 unspecified atom stereocenters. The Hall–Kier alpha value is -1.01. The van der Waals surface area contributed by atoms with Gasteiger partial charge in [0.2, 0.25) is 5.91 Å². The van der Waals surface area contributed by atoms with E-state index in [1.807, 2.05) is 31.2 Å². The molecule has 0 aromatic heterocycles. The van der Waals surface area contributed by atoms with Gasteiger partial charge in [-0.15, -0.1) is 11.8 Å². The van der Waals surface area contributed by atoms with Gasteiger partial charge in [-0.2, -0.15) is 0 Å². The molecular weight excluding hydrogens is 381 g/mol. The van der Waals surface area contributed by atoms with Crippen LogP contribution in [0.5, 0.6) is 0 Å². The van der Waals surface area contributed by atoms with E-state index in [4.69, 9.17) is 0 Å². The van der Waals surface area contributed by atoms with E-state index in [1.54, 1.807) is 11.8 Å². The summed E-state index contributed by atoms with van der Waals surface area (Å²) in [5.41, 5.74) is 2.07. The van der Waals surface area contributed by atoms with Crippen LogP contribution >= 0.6 is 34.4 Å². The number of halogens is 1. The molecule has 0 saturated heterocycles. The Balaban J connectivity index is 1.96. The highest BCUT2D eigenvalue weighted by Crippen LogP contribution is 2.24. The summed E-state index contributed by atoms with van der Waals surface area (Å²) in [5, 5.41) is 2.82. The number of benzene rings is 2. The molecule has 2 nitrogen and oxygen atoms in total. The zero-order chi connectivity index (χ0) is 14.5. The first-order valence-electron chi connectivity index (χ1n) is 6.34. The van der Waals surface area contributed by atoms with Crippen LogP contribution in [0.1, 0.15) is 12.5 Å². The van der Waals surface area contributed by atoms with E-state index in [0.717, 1.165) is 14.2 Å². The standard InChI is InChI=1S/C16H16INOS/c1-11-6-8-15(9-7-11)20-12(2)16(19)18-14-5-3-4-13(17)10-14/h3-10,12H,1-2H3,(H,18,19)/t12-/m0/s1. The highest BCUT2D eigenvalue weighted by molar-refractivity contribution is 14.1. The monoisotopic (exact) mass is 397 g/mol. The Labute approximate surface area is 137 Å². The molecule has 0 spiro atoms. The molecule has 2 rings (SSSR count). The Bertz CT molecular complexity index is 598. The third-order valence-electron chi connectivity index (χ3n) is 2.80. The van der Waals surface area contributed by atoms with Gasteiger partial charge in [-0.1, -0.05) is 23.8 Å². The zero-order valence-electron chi connectivity index (χ0n) is 11.4. The molecule has 0 aliphatic rings. The van der Waals surface area contributed by atoms with Gasteiger partial charge in [0.05, 0.1) is 5.25 Å². The second kappa shape index (κ2) is 7.13. The van der Waals surface area contributed by atoms with Gasteiger partial charge in [0.15, 0.2) is 0 Å². The molecule has 2 aromatic carbocycles. The molecular formula is C16H16INOS. The molecule has 0 bridgehead atoms. The van der Waals surface area contributed by atoms with Crippen molar-refractivity contribution in [2.75, 3.05) is 5.32 Å². The normalized spacial score (nSPS) is 11.9. The van der Waals surface area contributed by atoms with Crippen LogP contribution in [0.4, 0.5) is 5.69 Å². The Kier molecular flexibility index (Phi) is 5.48. The van der Waals surface area contributed by atoms with Gasteiger partial charge in [0.25, 0.3) is 0 Å². The highest BCUT2D eigenvalue weighted by atomic mass is 127. The van der Waals surface area contributed by atoms with Crippen molar-refractivity contribution in [1.82, 2.24) is 0 Å². The molecule has 0 fully saturated rings. The third-order valence-corrected chi connectivity index (χ3v) is 4.58. The fraction of sp³-hybridized carbons (Fsp3) is 0.188. The molecule has 104 valence electrons. The number of rotatable bonds is 4. The largest absolute Gasteiger partial charge is 0.325 e. The lowest BCUT2D eigenvalue weighted by Gasteiger charge is -2.12. The van der Waals surface area contributed by atoms with E-state index in [-0.39, 0.29) is 11.2 Å². The lowest BCUT2D eigenvalue weighted by molar-refractivity contribution is -0.115. The van der Waals surface area contributed by atoms with Crippen LogP contribution in [0.3, 0.4) is 0 Å². The van der Waals surface area contributed by atoms with E-state index >= 15 is 0 Å². The quantitative estimate of drug-likeness (QED) is 0.598. The number of hydrogen-bond donors (Lipinski definition) is 1. The van der Waals surface area contributed by atoms with Crippen LogP contribution in [0.15, 0.2) is 53.4 Å². The summed E-state index contributed by atoms with van der Waals surface area (Å²) in [7, 11) is 0. The Morgan fingerprint density at radius 3 is 2.55 bits per heavy atom. The van der Waals surface area contributed by atoms with Gasteiger partial charge in [-0.05, 0) is 66.8 Å². The molecule has 2 aromatic rings. The molecule has 1 N–H and O–H groups in total.